The molecule has 1 aliphatic heterocycles. The van der Waals surface area contributed by atoms with E-state index < -0.39 is 0 Å². The number of rotatable bonds is 5. The first-order valence-electron chi connectivity index (χ1n) is 10.2. The summed E-state index contributed by atoms with van der Waals surface area (Å²) in [7, 11) is 0. The maximum atomic E-state index is 5.57. The molecule has 1 aromatic heterocycles. The number of aryl methyl sites for hydroxylation is 1. The molecule has 5 heteroatoms. The van der Waals surface area contributed by atoms with Gasteiger partial charge in [0, 0.05) is 42.8 Å². The van der Waals surface area contributed by atoms with Crippen LogP contribution in [0.15, 0.2) is 59.0 Å². The van der Waals surface area contributed by atoms with Crippen molar-refractivity contribution in [1.82, 2.24) is 15.1 Å². The predicted octanol–water partition coefficient (Wildman–Crippen LogP) is 4.65. The minimum Gasteiger partial charge on any atom is -0.421 e. The van der Waals surface area contributed by atoms with Gasteiger partial charge in [-0.15, -0.1) is 10.2 Å². The number of likely N-dealkylation sites (tertiary alicyclic amines) is 1. The van der Waals surface area contributed by atoms with Crippen molar-refractivity contribution in [3.63, 3.8) is 0 Å². The largest absolute Gasteiger partial charge is 0.421 e. The zero-order valence-corrected chi connectivity index (χ0v) is 16.3. The van der Waals surface area contributed by atoms with E-state index in [9.17, 15) is 0 Å². The SMILES string of the molecule is Cc1nnc(-c2cccc(NC3CCN(Cc4ccccc4)C4(CC4)C3)c2)o1. The normalized spacial score (nSPS) is 21.0. The Labute approximate surface area is 165 Å². The molecule has 1 unspecified atom stereocenters. The summed E-state index contributed by atoms with van der Waals surface area (Å²) in [6.07, 6.45) is 5.01. The van der Waals surface area contributed by atoms with Crippen LogP contribution in [0.3, 0.4) is 0 Å². The van der Waals surface area contributed by atoms with Crippen molar-refractivity contribution in [3.8, 4) is 11.5 Å². The lowest BCUT2D eigenvalue weighted by Crippen LogP contribution is -2.47. The van der Waals surface area contributed by atoms with Gasteiger partial charge in [-0.2, -0.15) is 0 Å². The monoisotopic (exact) mass is 374 g/mol. The minimum atomic E-state index is 0.396. The number of hydrogen-bond donors (Lipinski definition) is 1. The van der Waals surface area contributed by atoms with E-state index in [0.717, 1.165) is 24.3 Å². The van der Waals surface area contributed by atoms with Gasteiger partial charge < -0.3 is 9.73 Å². The molecule has 0 radical (unpaired) electrons. The third-order valence-electron chi connectivity index (χ3n) is 6.09. The fourth-order valence-corrected chi connectivity index (χ4v) is 4.47. The molecular formula is C23H26N4O. The standard InChI is InChI=1S/C23H26N4O/c1-17-25-26-22(28-17)19-8-5-9-20(14-19)24-21-10-13-27(23(15-21)11-12-23)16-18-6-3-2-4-7-18/h2-9,14,21,24H,10-13,15-16H2,1H3. The maximum Gasteiger partial charge on any atom is 0.247 e. The van der Waals surface area contributed by atoms with Gasteiger partial charge in [0.1, 0.15) is 0 Å². The molecule has 2 aromatic carbocycles. The molecule has 144 valence electrons. The van der Waals surface area contributed by atoms with Crippen LogP contribution >= 0.6 is 0 Å². The van der Waals surface area contributed by atoms with E-state index in [1.807, 2.05) is 13.0 Å². The molecule has 2 heterocycles. The number of piperidine rings is 1. The molecule has 5 nitrogen and oxygen atoms in total. The highest BCUT2D eigenvalue weighted by Gasteiger charge is 2.51. The first-order chi connectivity index (χ1) is 13.7. The fourth-order valence-electron chi connectivity index (χ4n) is 4.47. The van der Waals surface area contributed by atoms with Crippen molar-refractivity contribution in [2.45, 2.75) is 50.7 Å². The van der Waals surface area contributed by atoms with E-state index in [-0.39, 0.29) is 0 Å². The molecule has 1 atom stereocenters. The van der Waals surface area contributed by atoms with Crippen LogP contribution in [0.5, 0.6) is 0 Å². The fraction of sp³-hybridized carbons (Fsp3) is 0.391. The Kier molecular flexibility index (Phi) is 4.40. The molecule has 1 spiro atoms. The second-order valence-corrected chi connectivity index (χ2v) is 8.17. The Morgan fingerprint density at radius 2 is 1.96 bits per heavy atom. The van der Waals surface area contributed by atoms with Gasteiger partial charge in [-0.25, -0.2) is 0 Å². The highest BCUT2D eigenvalue weighted by molar-refractivity contribution is 5.61. The molecule has 0 amide bonds. The minimum absolute atomic E-state index is 0.396. The lowest BCUT2D eigenvalue weighted by atomic mass is 9.94. The van der Waals surface area contributed by atoms with Crippen LogP contribution in [0, 0.1) is 6.92 Å². The molecule has 0 bridgehead atoms. The van der Waals surface area contributed by atoms with Gasteiger partial charge in [-0.3, -0.25) is 4.90 Å². The molecule has 1 saturated heterocycles. The summed E-state index contributed by atoms with van der Waals surface area (Å²) in [6, 6.07) is 19.7. The van der Waals surface area contributed by atoms with Crippen molar-refractivity contribution in [2.75, 3.05) is 11.9 Å². The van der Waals surface area contributed by atoms with Crippen LogP contribution in [-0.2, 0) is 6.54 Å². The second-order valence-electron chi connectivity index (χ2n) is 8.17. The predicted molar refractivity (Wildman–Crippen MR) is 110 cm³/mol. The molecule has 1 aliphatic carbocycles. The van der Waals surface area contributed by atoms with Gasteiger partial charge in [-0.05, 0) is 49.4 Å². The van der Waals surface area contributed by atoms with Crippen LogP contribution < -0.4 is 5.32 Å². The summed E-state index contributed by atoms with van der Waals surface area (Å²) in [4.78, 5) is 2.71. The van der Waals surface area contributed by atoms with Crippen LogP contribution in [-0.4, -0.2) is 33.2 Å². The third-order valence-corrected chi connectivity index (χ3v) is 6.09. The van der Waals surface area contributed by atoms with E-state index in [1.54, 1.807) is 0 Å². The first kappa shape index (κ1) is 17.4. The Morgan fingerprint density at radius 1 is 1.11 bits per heavy atom. The molecule has 2 fully saturated rings. The van der Waals surface area contributed by atoms with Crippen LogP contribution in [0.4, 0.5) is 5.69 Å². The van der Waals surface area contributed by atoms with Crippen molar-refractivity contribution in [2.24, 2.45) is 0 Å². The summed E-state index contributed by atoms with van der Waals surface area (Å²) in [5.41, 5.74) is 3.91. The Morgan fingerprint density at radius 3 is 2.71 bits per heavy atom. The third kappa shape index (κ3) is 3.54. The van der Waals surface area contributed by atoms with Gasteiger partial charge in [0.2, 0.25) is 11.8 Å². The summed E-state index contributed by atoms with van der Waals surface area (Å²) in [5.74, 6) is 1.17. The smallest absolute Gasteiger partial charge is 0.247 e. The second kappa shape index (κ2) is 7.06. The Balaban J connectivity index is 1.26. The zero-order chi connectivity index (χ0) is 19.0. The van der Waals surface area contributed by atoms with Gasteiger partial charge in [-0.1, -0.05) is 36.4 Å². The summed E-state index contributed by atoms with van der Waals surface area (Å²) < 4.78 is 5.57. The highest BCUT2D eigenvalue weighted by atomic mass is 16.4. The van der Waals surface area contributed by atoms with Gasteiger partial charge >= 0.3 is 0 Å². The van der Waals surface area contributed by atoms with Crippen LogP contribution in [0.25, 0.3) is 11.5 Å². The molecule has 1 saturated carbocycles. The summed E-state index contributed by atoms with van der Waals surface area (Å²) >= 11 is 0. The zero-order valence-electron chi connectivity index (χ0n) is 16.3. The number of benzene rings is 2. The molecular weight excluding hydrogens is 348 g/mol. The summed E-state index contributed by atoms with van der Waals surface area (Å²) in [6.45, 7) is 4.03. The quantitative estimate of drug-likeness (QED) is 0.704. The van der Waals surface area contributed by atoms with Crippen LogP contribution in [0.1, 0.15) is 37.1 Å². The molecule has 5 rings (SSSR count). The average Bonchev–Trinajstić information content (AvgIpc) is 3.34. The topological polar surface area (TPSA) is 54.2 Å². The van der Waals surface area contributed by atoms with E-state index >= 15 is 0 Å². The van der Waals surface area contributed by atoms with Crippen molar-refractivity contribution in [3.05, 3.63) is 66.1 Å². The maximum absolute atomic E-state index is 5.57. The van der Waals surface area contributed by atoms with E-state index in [0.29, 0.717) is 23.4 Å². The van der Waals surface area contributed by atoms with Gasteiger partial charge in [0.15, 0.2) is 0 Å². The molecule has 1 N–H and O–H groups in total. The highest BCUT2D eigenvalue weighted by Crippen LogP contribution is 2.49. The number of hydrogen-bond acceptors (Lipinski definition) is 5. The van der Waals surface area contributed by atoms with Crippen LogP contribution in [0.2, 0.25) is 0 Å². The van der Waals surface area contributed by atoms with E-state index in [2.05, 4.69) is 68.9 Å². The van der Waals surface area contributed by atoms with Crippen molar-refractivity contribution >= 4 is 5.69 Å². The number of nitrogens with one attached hydrogen (secondary N) is 1. The molecule has 2 aliphatic rings. The average molecular weight is 374 g/mol. The van der Waals surface area contributed by atoms with Crippen molar-refractivity contribution in [1.29, 1.82) is 0 Å². The lowest BCUT2D eigenvalue weighted by molar-refractivity contribution is 0.113. The molecule has 28 heavy (non-hydrogen) atoms. The van der Waals surface area contributed by atoms with E-state index in [1.165, 1.54) is 31.2 Å². The Hall–Kier alpha value is -2.66. The number of anilines is 1. The molecule has 3 aromatic rings. The lowest BCUT2D eigenvalue weighted by Gasteiger charge is -2.41. The first-order valence-corrected chi connectivity index (χ1v) is 10.2. The van der Waals surface area contributed by atoms with Crippen molar-refractivity contribution < 1.29 is 4.42 Å². The number of nitrogens with zero attached hydrogens (tertiary/aromatic N) is 3. The Bertz CT molecular complexity index is 948. The van der Waals surface area contributed by atoms with Gasteiger partial charge in [0.25, 0.3) is 0 Å². The number of aromatic nitrogens is 2. The van der Waals surface area contributed by atoms with Gasteiger partial charge in [0.05, 0.1) is 0 Å². The van der Waals surface area contributed by atoms with E-state index in [4.69, 9.17) is 4.42 Å². The summed E-state index contributed by atoms with van der Waals surface area (Å²) in [5, 5.41) is 11.8.